The Balaban J connectivity index is 1.47. The van der Waals surface area contributed by atoms with Gasteiger partial charge in [-0.25, -0.2) is 9.37 Å². The lowest BCUT2D eigenvalue weighted by Crippen LogP contribution is -2.17. The summed E-state index contributed by atoms with van der Waals surface area (Å²) in [6.45, 7) is 0. The lowest BCUT2D eigenvalue weighted by molar-refractivity contribution is -0.121. The molecule has 2 amide bonds. The van der Waals surface area contributed by atoms with Crippen LogP contribution in [0, 0.1) is 5.82 Å². The fraction of sp³-hybridized carbons (Fsp3) is 0.105. The number of halogens is 1. The Morgan fingerprint density at radius 3 is 2.27 bits per heavy atom. The number of amides is 2. The smallest absolute Gasteiger partial charge is 0.226 e. The maximum absolute atomic E-state index is 12.8. The first-order valence-electron chi connectivity index (χ1n) is 7.96. The number of benzene rings is 2. The third-order valence-electron chi connectivity index (χ3n) is 3.53. The lowest BCUT2D eigenvalue weighted by atomic mass is 10.2. The van der Waals surface area contributed by atoms with Crippen LogP contribution < -0.4 is 10.6 Å². The molecule has 0 atom stereocenters. The van der Waals surface area contributed by atoms with E-state index in [4.69, 9.17) is 0 Å². The lowest BCUT2D eigenvalue weighted by Gasteiger charge is -2.05. The molecule has 0 saturated carbocycles. The molecule has 2 N–H and O–H groups in total. The maximum atomic E-state index is 12.8. The molecule has 3 rings (SSSR count). The van der Waals surface area contributed by atoms with Crippen molar-refractivity contribution in [2.75, 3.05) is 10.6 Å². The molecule has 0 bridgehead atoms. The molecular formula is C19H16FN3O2S. The summed E-state index contributed by atoms with van der Waals surface area (Å²) in [6, 6.07) is 15.1. The molecular weight excluding hydrogens is 353 g/mol. The molecule has 0 radical (unpaired) electrons. The van der Waals surface area contributed by atoms with Crippen molar-refractivity contribution < 1.29 is 14.0 Å². The number of carbonyl (C=O) groups is 2. The second-order valence-electron chi connectivity index (χ2n) is 5.51. The fourth-order valence-electron chi connectivity index (χ4n) is 2.24. The van der Waals surface area contributed by atoms with Gasteiger partial charge in [-0.05, 0) is 24.3 Å². The number of thiazole rings is 1. The Morgan fingerprint density at radius 1 is 0.923 bits per heavy atom. The summed E-state index contributed by atoms with van der Waals surface area (Å²) in [7, 11) is 0. The Hall–Kier alpha value is -3.06. The topological polar surface area (TPSA) is 71.1 Å². The molecule has 5 nitrogen and oxygen atoms in total. The van der Waals surface area contributed by atoms with Gasteiger partial charge in [0.05, 0.1) is 5.69 Å². The van der Waals surface area contributed by atoms with Crippen LogP contribution in [0.1, 0.15) is 12.8 Å². The minimum Gasteiger partial charge on any atom is -0.326 e. The zero-order valence-corrected chi connectivity index (χ0v) is 14.6. The molecule has 7 heteroatoms. The second-order valence-corrected chi connectivity index (χ2v) is 6.37. The SMILES string of the molecule is O=C(CCC(=O)Nc1nc(-c2ccccc2)cs1)Nc1ccc(F)cc1. The number of hydrogen-bond acceptors (Lipinski definition) is 4. The van der Waals surface area contributed by atoms with E-state index in [0.717, 1.165) is 11.3 Å². The molecule has 0 aliphatic carbocycles. The highest BCUT2D eigenvalue weighted by Gasteiger charge is 2.10. The van der Waals surface area contributed by atoms with Gasteiger partial charge in [0.2, 0.25) is 11.8 Å². The summed E-state index contributed by atoms with van der Waals surface area (Å²) in [4.78, 5) is 28.2. The van der Waals surface area contributed by atoms with Crippen LogP contribution in [-0.2, 0) is 9.59 Å². The summed E-state index contributed by atoms with van der Waals surface area (Å²) in [5.74, 6) is -0.968. The molecule has 0 fully saturated rings. The highest BCUT2D eigenvalue weighted by atomic mass is 32.1. The maximum Gasteiger partial charge on any atom is 0.226 e. The quantitative estimate of drug-likeness (QED) is 0.680. The minimum absolute atomic E-state index is 0.0279. The van der Waals surface area contributed by atoms with Gasteiger partial charge in [-0.15, -0.1) is 11.3 Å². The van der Waals surface area contributed by atoms with E-state index in [0.29, 0.717) is 10.8 Å². The molecule has 0 unspecified atom stereocenters. The number of carbonyl (C=O) groups excluding carboxylic acids is 2. The predicted octanol–water partition coefficient (Wildman–Crippen LogP) is 4.31. The van der Waals surface area contributed by atoms with Crippen LogP contribution in [0.5, 0.6) is 0 Å². The van der Waals surface area contributed by atoms with Crippen LogP contribution in [0.15, 0.2) is 60.0 Å². The van der Waals surface area contributed by atoms with Crippen LogP contribution >= 0.6 is 11.3 Å². The van der Waals surface area contributed by atoms with Crippen molar-refractivity contribution in [3.05, 3.63) is 65.8 Å². The molecule has 0 saturated heterocycles. The van der Waals surface area contributed by atoms with Crippen molar-refractivity contribution in [1.29, 1.82) is 0 Å². The molecule has 1 heterocycles. The number of nitrogens with zero attached hydrogens (tertiary/aromatic N) is 1. The van der Waals surface area contributed by atoms with Gasteiger partial charge in [-0.3, -0.25) is 9.59 Å². The molecule has 0 aliphatic rings. The molecule has 0 spiro atoms. The first-order valence-corrected chi connectivity index (χ1v) is 8.84. The van der Waals surface area contributed by atoms with E-state index >= 15 is 0 Å². The van der Waals surface area contributed by atoms with Crippen LogP contribution in [-0.4, -0.2) is 16.8 Å². The standard InChI is InChI=1S/C19H16FN3O2S/c20-14-6-8-15(9-7-14)21-17(24)10-11-18(25)23-19-22-16(12-26-19)13-4-2-1-3-5-13/h1-9,12H,10-11H2,(H,21,24)(H,22,23,25). The number of rotatable bonds is 6. The van der Waals surface area contributed by atoms with Gasteiger partial charge in [-0.1, -0.05) is 30.3 Å². The van der Waals surface area contributed by atoms with E-state index in [1.807, 2.05) is 35.7 Å². The highest BCUT2D eigenvalue weighted by Crippen LogP contribution is 2.24. The van der Waals surface area contributed by atoms with Gasteiger partial charge in [0, 0.05) is 29.5 Å². The number of aromatic nitrogens is 1. The first-order chi connectivity index (χ1) is 12.6. The average molecular weight is 369 g/mol. The molecule has 132 valence electrons. The Bertz CT molecular complexity index is 895. The second kappa shape index (κ2) is 8.35. The van der Waals surface area contributed by atoms with Gasteiger partial charge >= 0.3 is 0 Å². The third kappa shape index (κ3) is 4.97. The van der Waals surface area contributed by atoms with Crippen LogP contribution in [0.25, 0.3) is 11.3 Å². The summed E-state index contributed by atoms with van der Waals surface area (Å²) < 4.78 is 12.8. The first kappa shape index (κ1) is 17.8. The number of nitrogens with one attached hydrogen (secondary N) is 2. The van der Waals surface area contributed by atoms with Crippen LogP contribution in [0.2, 0.25) is 0 Å². The largest absolute Gasteiger partial charge is 0.326 e. The summed E-state index contributed by atoms with van der Waals surface area (Å²) in [6.07, 6.45) is 0.0629. The van der Waals surface area contributed by atoms with Crippen molar-refractivity contribution in [3.8, 4) is 11.3 Å². The van der Waals surface area contributed by atoms with E-state index in [1.54, 1.807) is 0 Å². The summed E-state index contributed by atoms with van der Waals surface area (Å²) in [5.41, 5.74) is 2.26. The van der Waals surface area contributed by atoms with E-state index < -0.39 is 0 Å². The molecule has 1 aromatic heterocycles. The van der Waals surface area contributed by atoms with Gasteiger partial charge < -0.3 is 10.6 Å². The van der Waals surface area contributed by atoms with Crippen molar-refractivity contribution in [1.82, 2.24) is 4.98 Å². The van der Waals surface area contributed by atoms with Crippen molar-refractivity contribution in [3.63, 3.8) is 0 Å². The van der Waals surface area contributed by atoms with E-state index in [-0.39, 0.29) is 30.5 Å². The Labute approximate surface area is 153 Å². The van der Waals surface area contributed by atoms with E-state index in [1.165, 1.54) is 35.6 Å². The van der Waals surface area contributed by atoms with Crippen molar-refractivity contribution in [2.45, 2.75) is 12.8 Å². The molecule has 26 heavy (non-hydrogen) atoms. The van der Waals surface area contributed by atoms with E-state index in [2.05, 4.69) is 15.6 Å². The number of hydrogen-bond donors (Lipinski definition) is 2. The van der Waals surface area contributed by atoms with Crippen molar-refractivity contribution >= 4 is 34.0 Å². The van der Waals surface area contributed by atoms with E-state index in [9.17, 15) is 14.0 Å². The fourth-order valence-corrected chi connectivity index (χ4v) is 2.97. The van der Waals surface area contributed by atoms with Crippen LogP contribution in [0.4, 0.5) is 15.2 Å². The molecule has 3 aromatic rings. The van der Waals surface area contributed by atoms with Gasteiger partial charge in [0.15, 0.2) is 5.13 Å². The van der Waals surface area contributed by atoms with Gasteiger partial charge in [0.25, 0.3) is 0 Å². The Kier molecular flexibility index (Phi) is 5.70. The zero-order valence-electron chi connectivity index (χ0n) is 13.7. The molecule has 0 aliphatic heterocycles. The summed E-state index contributed by atoms with van der Waals surface area (Å²) >= 11 is 1.33. The third-order valence-corrected chi connectivity index (χ3v) is 4.28. The highest BCUT2D eigenvalue weighted by molar-refractivity contribution is 7.14. The predicted molar refractivity (Wildman–Crippen MR) is 100 cm³/mol. The Morgan fingerprint density at radius 2 is 1.58 bits per heavy atom. The normalized spacial score (nSPS) is 10.3. The number of anilines is 2. The van der Waals surface area contributed by atoms with Crippen molar-refractivity contribution in [2.24, 2.45) is 0 Å². The zero-order chi connectivity index (χ0) is 18.4. The minimum atomic E-state index is -0.374. The van der Waals surface area contributed by atoms with Gasteiger partial charge in [0.1, 0.15) is 5.82 Å². The monoisotopic (exact) mass is 369 g/mol. The average Bonchev–Trinajstić information content (AvgIpc) is 3.11. The summed E-state index contributed by atoms with van der Waals surface area (Å²) in [5, 5.41) is 7.67. The van der Waals surface area contributed by atoms with Crippen LogP contribution in [0.3, 0.4) is 0 Å². The van der Waals surface area contributed by atoms with Gasteiger partial charge in [-0.2, -0.15) is 0 Å². The molecule has 2 aromatic carbocycles.